The van der Waals surface area contributed by atoms with Gasteiger partial charge in [0.1, 0.15) is 0 Å². The molecule has 25 heavy (non-hydrogen) atoms. The van der Waals surface area contributed by atoms with Gasteiger partial charge in [0, 0.05) is 41.6 Å². The Bertz CT molecular complexity index is 941. The maximum Gasteiger partial charge on any atom is 0.248 e. The van der Waals surface area contributed by atoms with Gasteiger partial charge in [0.2, 0.25) is 11.7 Å². The van der Waals surface area contributed by atoms with Crippen LogP contribution in [0.1, 0.15) is 21.1 Å². The number of hydrogen-bond acceptors (Lipinski definition) is 4. The van der Waals surface area contributed by atoms with Crippen molar-refractivity contribution in [2.75, 3.05) is 5.32 Å². The number of anilines is 1. The molecule has 0 fully saturated rings. The fourth-order valence-electron chi connectivity index (χ4n) is 2.18. The molecule has 1 aromatic carbocycles. The molecule has 126 valence electrons. The van der Waals surface area contributed by atoms with Crippen molar-refractivity contribution in [2.45, 2.75) is 0 Å². The van der Waals surface area contributed by atoms with Gasteiger partial charge in [0.15, 0.2) is 5.82 Å². The molecule has 0 aliphatic heterocycles. The van der Waals surface area contributed by atoms with Crippen molar-refractivity contribution in [3.8, 4) is 0 Å². The lowest BCUT2D eigenvalue weighted by molar-refractivity contribution is -0.111. The van der Waals surface area contributed by atoms with Crippen LogP contribution in [0.4, 0.5) is 5.69 Å². The molecule has 0 spiro atoms. The largest absolute Gasteiger partial charge is 0.331 e. The van der Waals surface area contributed by atoms with E-state index < -0.39 is 0 Å². The van der Waals surface area contributed by atoms with Gasteiger partial charge in [-0.05, 0) is 58.4 Å². The second kappa shape index (κ2) is 7.58. The number of rotatable bonds is 5. The van der Waals surface area contributed by atoms with Crippen molar-refractivity contribution in [1.29, 1.82) is 0 Å². The summed E-state index contributed by atoms with van der Waals surface area (Å²) in [6.07, 6.45) is 6.54. The van der Waals surface area contributed by atoms with E-state index in [2.05, 4.69) is 26.2 Å². The van der Waals surface area contributed by atoms with E-state index in [1.54, 1.807) is 65.7 Å². The summed E-state index contributed by atoms with van der Waals surface area (Å²) in [6, 6.07) is 10.6. The molecule has 0 atom stereocenters. The fraction of sp³-hybridized carbons (Fsp3) is 0.0556. The van der Waals surface area contributed by atoms with Crippen LogP contribution >= 0.6 is 27.3 Å². The van der Waals surface area contributed by atoms with Crippen LogP contribution in [0.25, 0.3) is 6.08 Å². The SMILES string of the molecule is Cn1ccnc1C(=O)c1ccc(NC(=O)C=Cc2ccc(Br)s2)cc1. The third-order valence-corrected chi connectivity index (χ3v) is 5.02. The van der Waals surface area contributed by atoms with E-state index >= 15 is 0 Å². The van der Waals surface area contributed by atoms with Crippen molar-refractivity contribution < 1.29 is 9.59 Å². The van der Waals surface area contributed by atoms with E-state index in [1.807, 2.05) is 12.1 Å². The Kier molecular flexibility index (Phi) is 5.25. The molecule has 0 aliphatic rings. The van der Waals surface area contributed by atoms with Gasteiger partial charge < -0.3 is 9.88 Å². The summed E-state index contributed by atoms with van der Waals surface area (Å²) in [5, 5.41) is 2.77. The van der Waals surface area contributed by atoms with Gasteiger partial charge >= 0.3 is 0 Å². The van der Waals surface area contributed by atoms with Crippen LogP contribution in [0.3, 0.4) is 0 Å². The molecule has 3 rings (SSSR count). The van der Waals surface area contributed by atoms with Crippen LogP contribution in [0.15, 0.2) is 58.7 Å². The van der Waals surface area contributed by atoms with Gasteiger partial charge in [-0.3, -0.25) is 9.59 Å². The number of carbonyl (C=O) groups is 2. The van der Waals surface area contributed by atoms with Gasteiger partial charge in [0.25, 0.3) is 0 Å². The van der Waals surface area contributed by atoms with E-state index in [9.17, 15) is 9.59 Å². The number of amides is 1. The quantitative estimate of drug-likeness (QED) is 0.503. The number of imidazole rings is 1. The Morgan fingerprint density at radius 1 is 1.20 bits per heavy atom. The predicted octanol–water partition coefficient (Wildman–Crippen LogP) is 4.13. The molecule has 0 aliphatic carbocycles. The first kappa shape index (κ1) is 17.3. The van der Waals surface area contributed by atoms with Crippen molar-refractivity contribution in [3.63, 3.8) is 0 Å². The number of ketones is 1. The van der Waals surface area contributed by atoms with Crippen LogP contribution in [-0.2, 0) is 11.8 Å². The summed E-state index contributed by atoms with van der Waals surface area (Å²) in [7, 11) is 1.77. The zero-order chi connectivity index (χ0) is 17.8. The number of nitrogens with zero attached hydrogens (tertiary/aromatic N) is 2. The lowest BCUT2D eigenvalue weighted by Crippen LogP contribution is -2.10. The molecule has 0 saturated heterocycles. The van der Waals surface area contributed by atoms with Gasteiger partial charge in [-0.25, -0.2) is 4.98 Å². The Morgan fingerprint density at radius 2 is 1.96 bits per heavy atom. The lowest BCUT2D eigenvalue weighted by atomic mass is 10.1. The standard InChI is InChI=1S/C18H14BrN3O2S/c1-22-11-10-20-18(22)17(24)12-2-4-13(5-3-12)21-16(23)9-7-14-6-8-15(19)25-14/h2-11H,1H3,(H,21,23). The number of hydrogen-bond donors (Lipinski definition) is 1. The molecule has 0 saturated carbocycles. The van der Waals surface area contributed by atoms with Gasteiger partial charge in [-0.2, -0.15) is 0 Å². The third kappa shape index (κ3) is 4.32. The molecule has 0 bridgehead atoms. The van der Waals surface area contributed by atoms with Crippen LogP contribution in [0.5, 0.6) is 0 Å². The normalized spacial score (nSPS) is 11.0. The number of aryl methyl sites for hydroxylation is 1. The second-order valence-electron chi connectivity index (χ2n) is 5.23. The summed E-state index contributed by atoms with van der Waals surface area (Å²) < 4.78 is 2.69. The first-order valence-electron chi connectivity index (χ1n) is 7.39. The average molecular weight is 416 g/mol. The van der Waals surface area contributed by atoms with Crippen LogP contribution in [0, 0.1) is 0 Å². The van der Waals surface area contributed by atoms with E-state index in [4.69, 9.17) is 0 Å². The zero-order valence-corrected chi connectivity index (χ0v) is 15.7. The lowest BCUT2D eigenvalue weighted by Gasteiger charge is -2.04. The van der Waals surface area contributed by atoms with Gasteiger partial charge in [0.05, 0.1) is 3.79 Å². The van der Waals surface area contributed by atoms with Crippen LogP contribution in [0.2, 0.25) is 0 Å². The number of aromatic nitrogens is 2. The first-order chi connectivity index (χ1) is 12.0. The Hall–Kier alpha value is -2.51. The molecule has 3 aromatic rings. The molecule has 7 heteroatoms. The van der Waals surface area contributed by atoms with Gasteiger partial charge in [-0.1, -0.05) is 0 Å². The molecular formula is C18H14BrN3O2S. The number of carbonyl (C=O) groups excluding carboxylic acids is 2. The molecule has 2 heterocycles. The smallest absolute Gasteiger partial charge is 0.248 e. The molecule has 5 nitrogen and oxygen atoms in total. The summed E-state index contributed by atoms with van der Waals surface area (Å²) in [4.78, 5) is 29.3. The van der Waals surface area contributed by atoms with Gasteiger partial charge in [-0.15, -0.1) is 11.3 Å². The number of halogens is 1. The monoisotopic (exact) mass is 415 g/mol. The number of nitrogens with one attached hydrogen (secondary N) is 1. The minimum atomic E-state index is -0.229. The number of thiophene rings is 1. The summed E-state index contributed by atoms with van der Waals surface area (Å²) in [5.74, 6) is -0.0110. The maximum absolute atomic E-state index is 12.3. The van der Waals surface area contributed by atoms with Crippen molar-refractivity contribution in [2.24, 2.45) is 7.05 Å². The molecule has 1 amide bonds. The van der Waals surface area contributed by atoms with E-state index in [-0.39, 0.29) is 11.7 Å². The predicted molar refractivity (Wildman–Crippen MR) is 103 cm³/mol. The van der Waals surface area contributed by atoms with Crippen molar-refractivity contribution in [3.05, 3.63) is 74.9 Å². The minimum absolute atomic E-state index is 0.159. The van der Waals surface area contributed by atoms with E-state index in [0.29, 0.717) is 17.1 Å². The summed E-state index contributed by atoms with van der Waals surface area (Å²) >= 11 is 4.93. The molecule has 1 N–H and O–H groups in total. The van der Waals surface area contributed by atoms with E-state index in [0.717, 1.165) is 8.66 Å². The fourth-order valence-corrected chi connectivity index (χ4v) is 3.50. The van der Waals surface area contributed by atoms with Crippen LogP contribution < -0.4 is 5.32 Å². The van der Waals surface area contributed by atoms with Crippen molar-refractivity contribution in [1.82, 2.24) is 9.55 Å². The Balaban J connectivity index is 1.64. The third-order valence-electron chi connectivity index (χ3n) is 3.43. The second-order valence-corrected chi connectivity index (χ2v) is 7.73. The highest BCUT2D eigenvalue weighted by Crippen LogP contribution is 2.23. The first-order valence-corrected chi connectivity index (χ1v) is 9.00. The summed E-state index contributed by atoms with van der Waals surface area (Å²) in [5.41, 5.74) is 1.14. The molecule has 0 unspecified atom stereocenters. The summed E-state index contributed by atoms with van der Waals surface area (Å²) in [6.45, 7) is 0. The zero-order valence-electron chi connectivity index (χ0n) is 13.3. The average Bonchev–Trinajstić information content (AvgIpc) is 3.21. The molecule has 2 aromatic heterocycles. The highest BCUT2D eigenvalue weighted by atomic mass is 79.9. The molecule has 0 radical (unpaired) electrons. The highest BCUT2D eigenvalue weighted by molar-refractivity contribution is 9.11. The maximum atomic E-state index is 12.3. The minimum Gasteiger partial charge on any atom is -0.331 e. The van der Waals surface area contributed by atoms with Crippen LogP contribution in [-0.4, -0.2) is 21.2 Å². The Morgan fingerprint density at radius 3 is 2.56 bits per heavy atom. The molecular weight excluding hydrogens is 402 g/mol. The van der Waals surface area contributed by atoms with E-state index in [1.165, 1.54) is 6.08 Å². The topological polar surface area (TPSA) is 64.0 Å². The number of benzene rings is 1. The highest BCUT2D eigenvalue weighted by Gasteiger charge is 2.13. The Labute approximate surface area is 157 Å². The van der Waals surface area contributed by atoms with Crippen molar-refractivity contribution >= 4 is 50.7 Å².